The van der Waals surface area contributed by atoms with Crippen LogP contribution in [0.3, 0.4) is 0 Å². The first-order valence-corrected chi connectivity index (χ1v) is 6.41. The minimum Gasteiger partial charge on any atom is -0.298 e. The zero-order chi connectivity index (χ0) is 14.4. The van der Waals surface area contributed by atoms with Crippen LogP contribution in [0.1, 0.15) is 21.7 Å². The molecule has 8 heteroatoms. The van der Waals surface area contributed by atoms with E-state index in [1.165, 1.54) is 11.0 Å². The van der Waals surface area contributed by atoms with E-state index in [1.807, 2.05) is 0 Å². The summed E-state index contributed by atoms with van der Waals surface area (Å²) in [6.45, 7) is 1.67. The van der Waals surface area contributed by atoms with Gasteiger partial charge in [-0.15, -0.1) is 0 Å². The summed E-state index contributed by atoms with van der Waals surface area (Å²) >= 11 is 2.99. The van der Waals surface area contributed by atoms with E-state index in [-0.39, 0.29) is 22.3 Å². The summed E-state index contributed by atoms with van der Waals surface area (Å²) in [5, 5.41) is 7.26. The standard InChI is InChI=1S/C12H7BrFN3O3/c1-5-9(16-20-15-5)4-17-10-3-8(14)7(13)2-6(10)11(18)12(17)19/h2-3H,4H2,1H3. The molecule has 0 fully saturated rings. The molecule has 0 radical (unpaired) electrons. The van der Waals surface area contributed by atoms with Gasteiger partial charge in [0.25, 0.3) is 11.7 Å². The zero-order valence-electron chi connectivity index (χ0n) is 10.2. The number of nitrogens with zero attached hydrogens (tertiary/aromatic N) is 3. The van der Waals surface area contributed by atoms with Crippen LogP contribution in [0.5, 0.6) is 0 Å². The van der Waals surface area contributed by atoms with E-state index >= 15 is 0 Å². The molecule has 0 saturated heterocycles. The van der Waals surface area contributed by atoms with E-state index < -0.39 is 17.5 Å². The highest BCUT2D eigenvalue weighted by atomic mass is 79.9. The van der Waals surface area contributed by atoms with Crippen LogP contribution < -0.4 is 4.90 Å². The van der Waals surface area contributed by atoms with Gasteiger partial charge in [0.05, 0.1) is 22.3 Å². The van der Waals surface area contributed by atoms with Crippen molar-refractivity contribution in [3.63, 3.8) is 0 Å². The fourth-order valence-corrected chi connectivity index (χ4v) is 2.33. The summed E-state index contributed by atoms with van der Waals surface area (Å²) in [5.74, 6) is -1.94. The lowest BCUT2D eigenvalue weighted by atomic mass is 10.1. The Labute approximate surface area is 120 Å². The fourth-order valence-electron chi connectivity index (χ4n) is 1.99. The third-order valence-electron chi connectivity index (χ3n) is 3.07. The van der Waals surface area contributed by atoms with Crippen molar-refractivity contribution in [3.8, 4) is 0 Å². The number of Topliss-reactive ketones (excluding diaryl/α,β-unsaturated/α-hetero) is 1. The monoisotopic (exact) mass is 339 g/mol. The van der Waals surface area contributed by atoms with Crippen molar-refractivity contribution in [2.45, 2.75) is 13.5 Å². The average molecular weight is 340 g/mol. The molecule has 102 valence electrons. The highest BCUT2D eigenvalue weighted by Gasteiger charge is 2.37. The second-order valence-corrected chi connectivity index (χ2v) is 5.15. The fraction of sp³-hybridized carbons (Fsp3) is 0.167. The normalized spacial score (nSPS) is 14.1. The maximum absolute atomic E-state index is 13.6. The largest absolute Gasteiger partial charge is 0.299 e. The Bertz CT molecular complexity index is 744. The van der Waals surface area contributed by atoms with Gasteiger partial charge in [-0.25, -0.2) is 9.02 Å². The lowest BCUT2D eigenvalue weighted by Gasteiger charge is -2.14. The molecule has 0 bridgehead atoms. The molecular formula is C12H7BrFN3O3. The number of halogens is 2. The van der Waals surface area contributed by atoms with Gasteiger partial charge in [0.15, 0.2) is 0 Å². The van der Waals surface area contributed by atoms with E-state index in [4.69, 9.17) is 0 Å². The molecule has 2 aromatic rings. The SMILES string of the molecule is Cc1nonc1CN1C(=O)C(=O)c2cc(Br)c(F)cc21. The number of anilines is 1. The second kappa shape index (κ2) is 4.48. The molecule has 0 saturated carbocycles. The molecule has 6 nitrogen and oxygen atoms in total. The molecule has 0 N–H and O–H groups in total. The Morgan fingerprint density at radius 1 is 1.35 bits per heavy atom. The summed E-state index contributed by atoms with van der Waals surface area (Å²) in [7, 11) is 0. The Balaban J connectivity index is 2.06. The summed E-state index contributed by atoms with van der Waals surface area (Å²) < 4.78 is 18.3. The smallest absolute Gasteiger partial charge is 0.298 e. The first-order valence-electron chi connectivity index (χ1n) is 5.62. The number of aromatic nitrogens is 2. The zero-order valence-corrected chi connectivity index (χ0v) is 11.8. The topological polar surface area (TPSA) is 76.3 Å². The van der Waals surface area contributed by atoms with Gasteiger partial charge in [-0.1, -0.05) is 10.3 Å². The predicted molar refractivity (Wildman–Crippen MR) is 68.7 cm³/mol. The highest BCUT2D eigenvalue weighted by Crippen LogP contribution is 2.34. The molecule has 1 aromatic carbocycles. The minimum atomic E-state index is -0.722. The number of aryl methyl sites for hydroxylation is 1. The average Bonchev–Trinajstić information content (AvgIpc) is 2.90. The lowest BCUT2D eigenvalue weighted by Crippen LogP contribution is -2.29. The van der Waals surface area contributed by atoms with Crippen molar-refractivity contribution in [1.82, 2.24) is 10.3 Å². The maximum Gasteiger partial charge on any atom is 0.299 e. The van der Waals surface area contributed by atoms with Crippen molar-refractivity contribution in [1.29, 1.82) is 0 Å². The van der Waals surface area contributed by atoms with Crippen LogP contribution in [-0.4, -0.2) is 22.0 Å². The number of rotatable bonds is 2. The molecule has 1 amide bonds. The van der Waals surface area contributed by atoms with Gasteiger partial charge in [0.1, 0.15) is 17.2 Å². The van der Waals surface area contributed by atoms with Crippen LogP contribution in [0.25, 0.3) is 0 Å². The molecule has 0 aliphatic carbocycles. The molecule has 1 aliphatic rings. The van der Waals surface area contributed by atoms with Gasteiger partial charge < -0.3 is 0 Å². The van der Waals surface area contributed by atoms with Crippen molar-refractivity contribution < 1.29 is 18.6 Å². The first-order chi connectivity index (χ1) is 9.49. The summed E-state index contributed by atoms with van der Waals surface area (Å²) in [6.07, 6.45) is 0. The number of amides is 1. The van der Waals surface area contributed by atoms with Gasteiger partial charge >= 0.3 is 0 Å². The van der Waals surface area contributed by atoms with Crippen LogP contribution in [0, 0.1) is 12.7 Å². The maximum atomic E-state index is 13.6. The second-order valence-electron chi connectivity index (χ2n) is 4.30. The number of carbonyl (C=O) groups is 2. The Morgan fingerprint density at radius 2 is 2.10 bits per heavy atom. The van der Waals surface area contributed by atoms with Gasteiger partial charge in [-0.3, -0.25) is 14.5 Å². The molecule has 0 unspecified atom stereocenters. The summed E-state index contributed by atoms with van der Waals surface area (Å²) in [5.41, 5.74) is 1.32. The molecule has 3 rings (SSSR count). The quantitative estimate of drug-likeness (QED) is 0.782. The molecule has 2 heterocycles. The number of hydrogen-bond acceptors (Lipinski definition) is 5. The van der Waals surface area contributed by atoms with E-state index in [9.17, 15) is 14.0 Å². The van der Waals surface area contributed by atoms with Crippen molar-refractivity contribution in [2.24, 2.45) is 0 Å². The molecule has 0 atom stereocenters. The molecule has 0 spiro atoms. The van der Waals surface area contributed by atoms with Gasteiger partial charge in [-0.05, 0) is 35.0 Å². The Kier molecular flexibility index (Phi) is 2.89. The number of benzene rings is 1. The summed E-state index contributed by atoms with van der Waals surface area (Å²) in [4.78, 5) is 25.0. The minimum absolute atomic E-state index is 0.00792. The highest BCUT2D eigenvalue weighted by molar-refractivity contribution is 9.10. The van der Waals surface area contributed by atoms with Crippen LogP contribution >= 0.6 is 15.9 Å². The van der Waals surface area contributed by atoms with E-state index in [0.717, 1.165) is 6.07 Å². The number of hydrogen-bond donors (Lipinski definition) is 0. The van der Waals surface area contributed by atoms with Crippen molar-refractivity contribution in [3.05, 3.63) is 39.4 Å². The Hall–Kier alpha value is -2.09. The van der Waals surface area contributed by atoms with Crippen molar-refractivity contribution in [2.75, 3.05) is 4.90 Å². The molecule has 1 aromatic heterocycles. The van der Waals surface area contributed by atoms with Gasteiger partial charge in [0.2, 0.25) is 0 Å². The molecular weight excluding hydrogens is 333 g/mol. The van der Waals surface area contributed by atoms with Gasteiger partial charge in [0, 0.05) is 0 Å². The molecule has 1 aliphatic heterocycles. The summed E-state index contributed by atoms with van der Waals surface area (Å²) in [6, 6.07) is 2.45. The number of carbonyl (C=O) groups excluding carboxylic acids is 2. The third kappa shape index (κ3) is 1.83. The first kappa shape index (κ1) is 12.9. The number of ketones is 1. The van der Waals surface area contributed by atoms with E-state index in [0.29, 0.717) is 11.4 Å². The van der Waals surface area contributed by atoms with E-state index in [1.54, 1.807) is 6.92 Å². The van der Waals surface area contributed by atoms with Crippen LogP contribution in [-0.2, 0) is 11.3 Å². The van der Waals surface area contributed by atoms with Crippen LogP contribution in [0.4, 0.5) is 10.1 Å². The Morgan fingerprint density at radius 3 is 2.75 bits per heavy atom. The molecule has 20 heavy (non-hydrogen) atoms. The van der Waals surface area contributed by atoms with Gasteiger partial charge in [-0.2, -0.15) is 0 Å². The lowest BCUT2D eigenvalue weighted by molar-refractivity contribution is -0.114. The van der Waals surface area contributed by atoms with Crippen LogP contribution in [0.15, 0.2) is 21.2 Å². The van der Waals surface area contributed by atoms with Crippen LogP contribution in [0.2, 0.25) is 0 Å². The number of fused-ring (bicyclic) bond motifs is 1. The van der Waals surface area contributed by atoms with Crippen molar-refractivity contribution >= 4 is 33.3 Å². The third-order valence-corrected chi connectivity index (χ3v) is 3.68. The van der Waals surface area contributed by atoms with E-state index in [2.05, 4.69) is 30.9 Å². The predicted octanol–water partition coefficient (Wildman–Crippen LogP) is 2.01.